The van der Waals surface area contributed by atoms with Crippen LogP contribution in [0.5, 0.6) is 5.75 Å². The Morgan fingerprint density at radius 1 is 0.676 bits per heavy atom. The fourth-order valence-corrected chi connectivity index (χ4v) is 2.70. The van der Waals surface area contributed by atoms with Crippen LogP contribution in [-0.2, 0) is 5.60 Å². The van der Waals surface area contributed by atoms with E-state index in [-0.39, 0.29) is 5.75 Å². The molecule has 0 aliphatic carbocycles. The van der Waals surface area contributed by atoms with Crippen LogP contribution < -0.4 is 4.74 Å². The Bertz CT molecular complexity index is 868. The molecular weight excluding hydrogens is 507 g/mol. The summed E-state index contributed by atoms with van der Waals surface area (Å²) in [5.41, 5.74) is -4.75. The Balaban J connectivity index is 3.44. The molecule has 0 saturated carbocycles. The topological polar surface area (TPSA) is 29.5 Å². The maximum atomic E-state index is 14.2. The van der Waals surface area contributed by atoms with Gasteiger partial charge >= 0.3 is 35.8 Å². The third-order valence-electron chi connectivity index (χ3n) is 4.44. The molecule has 0 aliphatic rings. The summed E-state index contributed by atoms with van der Waals surface area (Å²) in [6.07, 6.45) is -10.3. The molecule has 1 atom stereocenters. The van der Waals surface area contributed by atoms with Crippen molar-refractivity contribution in [3.63, 3.8) is 0 Å². The highest BCUT2D eigenvalue weighted by atomic mass is 19.4. The molecule has 34 heavy (non-hydrogen) atoms. The lowest BCUT2D eigenvalue weighted by molar-refractivity contribution is -0.441. The number of hydrogen-bond acceptors (Lipinski definition) is 2. The molecule has 2 nitrogen and oxygen atoms in total. The first-order valence-corrected chi connectivity index (χ1v) is 9.12. The fraction of sp³-hybridized carbons (Fsp3) is 0.684. The zero-order valence-electron chi connectivity index (χ0n) is 17.8. The van der Waals surface area contributed by atoms with E-state index in [4.69, 9.17) is 4.74 Å². The third kappa shape index (κ3) is 5.18. The van der Waals surface area contributed by atoms with E-state index in [1.807, 2.05) is 0 Å². The quantitative estimate of drug-likeness (QED) is 0.363. The van der Waals surface area contributed by atoms with Gasteiger partial charge in [-0.2, -0.15) is 57.1 Å². The summed E-state index contributed by atoms with van der Waals surface area (Å²) in [5.74, 6) is -37.7. The van der Waals surface area contributed by atoms with Crippen molar-refractivity contribution >= 4 is 0 Å². The van der Waals surface area contributed by atoms with E-state index in [1.165, 1.54) is 26.8 Å². The first kappa shape index (κ1) is 30.1. The number of hydrogen-bond donors (Lipinski definition) is 1. The molecular formula is C19H19F13O2. The number of alkyl halides is 13. The molecule has 0 aliphatic heterocycles. The minimum atomic E-state index is -7.99. The van der Waals surface area contributed by atoms with Crippen molar-refractivity contribution in [1.82, 2.24) is 0 Å². The summed E-state index contributed by atoms with van der Waals surface area (Å²) in [4.78, 5) is 0. The van der Waals surface area contributed by atoms with Crippen LogP contribution >= 0.6 is 0 Å². The van der Waals surface area contributed by atoms with E-state index in [1.54, 1.807) is 0 Å². The molecule has 1 N–H and O–H groups in total. The van der Waals surface area contributed by atoms with Gasteiger partial charge in [0.2, 0.25) is 0 Å². The Morgan fingerprint density at radius 3 is 1.53 bits per heavy atom. The van der Waals surface area contributed by atoms with Gasteiger partial charge in [-0.1, -0.05) is 12.1 Å². The molecule has 0 aromatic heterocycles. The van der Waals surface area contributed by atoms with Crippen LogP contribution in [-0.4, -0.2) is 46.5 Å². The molecule has 0 radical (unpaired) electrons. The third-order valence-corrected chi connectivity index (χ3v) is 4.44. The van der Waals surface area contributed by atoms with E-state index in [0.29, 0.717) is 6.92 Å². The van der Waals surface area contributed by atoms with Gasteiger partial charge in [0.25, 0.3) is 0 Å². The maximum absolute atomic E-state index is 14.2. The summed E-state index contributed by atoms with van der Waals surface area (Å²) in [6, 6.07) is 3.96. The Morgan fingerprint density at radius 2 is 1.12 bits per heavy atom. The summed E-state index contributed by atoms with van der Waals surface area (Å²) >= 11 is 0. The maximum Gasteiger partial charge on any atom is 0.460 e. The smallest absolute Gasteiger partial charge is 0.460 e. The Kier molecular flexibility index (Phi) is 7.38. The summed E-state index contributed by atoms with van der Waals surface area (Å²) in [6.45, 7) is 4.98. The second kappa shape index (κ2) is 8.33. The first-order valence-electron chi connectivity index (χ1n) is 9.12. The number of halogens is 13. The molecule has 1 aromatic carbocycles. The van der Waals surface area contributed by atoms with Crippen molar-refractivity contribution in [3.8, 4) is 5.75 Å². The summed E-state index contributed by atoms with van der Waals surface area (Å²) in [5, 5.41) is 10.2. The molecule has 1 unspecified atom stereocenters. The highest BCUT2D eigenvalue weighted by Gasteiger charge is 2.90. The monoisotopic (exact) mass is 526 g/mol. The number of rotatable bonds is 8. The minimum Gasteiger partial charge on any atom is -0.488 e. The molecule has 1 aromatic rings. The second-order valence-electron chi connectivity index (χ2n) is 8.69. The normalized spacial score (nSPS) is 16.9. The van der Waals surface area contributed by atoms with Gasteiger partial charge in [-0.25, -0.2) is 0 Å². The second-order valence-corrected chi connectivity index (χ2v) is 8.69. The Labute approximate surface area is 184 Å². The van der Waals surface area contributed by atoms with Crippen molar-refractivity contribution < 1.29 is 66.9 Å². The molecule has 0 fully saturated rings. The van der Waals surface area contributed by atoms with E-state index < -0.39 is 59.0 Å². The Hall–Kier alpha value is -1.93. The molecule has 0 heterocycles. The van der Waals surface area contributed by atoms with Gasteiger partial charge in [0.05, 0.1) is 12.0 Å². The first-order chi connectivity index (χ1) is 14.6. The van der Waals surface area contributed by atoms with Crippen LogP contribution in [0.1, 0.15) is 39.7 Å². The van der Waals surface area contributed by atoms with E-state index in [9.17, 15) is 62.2 Å². The van der Waals surface area contributed by atoms with Crippen LogP contribution in [0.25, 0.3) is 0 Å². The average molecular weight is 526 g/mol. The fourth-order valence-electron chi connectivity index (χ4n) is 2.70. The van der Waals surface area contributed by atoms with Crippen molar-refractivity contribution in [2.75, 3.05) is 0 Å². The predicted molar refractivity (Wildman–Crippen MR) is 91.8 cm³/mol. The van der Waals surface area contributed by atoms with Crippen LogP contribution in [0.2, 0.25) is 0 Å². The molecule has 0 amide bonds. The highest BCUT2D eigenvalue weighted by molar-refractivity contribution is 5.33. The lowest BCUT2D eigenvalue weighted by Gasteiger charge is -2.41. The van der Waals surface area contributed by atoms with Crippen molar-refractivity contribution in [3.05, 3.63) is 29.8 Å². The number of ether oxygens (including phenoxy) is 1. The van der Waals surface area contributed by atoms with Crippen LogP contribution in [0.3, 0.4) is 0 Å². The van der Waals surface area contributed by atoms with E-state index in [2.05, 4.69) is 0 Å². The van der Waals surface area contributed by atoms with Gasteiger partial charge in [0.1, 0.15) is 11.4 Å². The molecule has 0 saturated heterocycles. The summed E-state index contributed by atoms with van der Waals surface area (Å²) in [7, 11) is 0. The van der Waals surface area contributed by atoms with Gasteiger partial charge in [0, 0.05) is 0 Å². The van der Waals surface area contributed by atoms with Crippen molar-refractivity contribution in [2.24, 2.45) is 0 Å². The predicted octanol–water partition coefficient (Wildman–Crippen LogP) is 7.20. The zero-order valence-corrected chi connectivity index (χ0v) is 17.8. The number of benzene rings is 1. The van der Waals surface area contributed by atoms with Gasteiger partial charge in [-0.15, -0.1) is 0 Å². The van der Waals surface area contributed by atoms with Gasteiger partial charge in [-0.3, -0.25) is 0 Å². The van der Waals surface area contributed by atoms with Crippen molar-refractivity contribution in [2.45, 2.75) is 81.1 Å². The zero-order chi connectivity index (χ0) is 27.4. The highest BCUT2D eigenvalue weighted by Crippen LogP contribution is 2.61. The van der Waals surface area contributed by atoms with Crippen LogP contribution in [0.4, 0.5) is 57.1 Å². The molecule has 0 spiro atoms. The molecule has 198 valence electrons. The molecule has 1 rings (SSSR count). The van der Waals surface area contributed by atoms with Crippen LogP contribution in [0, 0.1) is 0 Å². The van der Waals surface area contributed by atoms with Gasteiger partial charge < -0.3 is 9.84 Å². The van der Waals surface area contributed by atoms with Crippen molar-refractivity contribution in [1.29, 1.82) is 0 Å². The largest absolute Gasteiger partial charge is 0.488 e. The standard InChI is InChI=1S/C19H19F13O2/c1-12(2,3)34-11-7-5-6-10(8-11)13(4,33)9-14(20,21)15(22,23)16(24,25)17(26,27)18(28,29)19(30,31)32/h5-8,33H,9H2,1-4H3. The SMILES string of the molecule is CC(C)(C)Oc1cccc(C(C)(O)CC(F)(F)C(F)(F)C(F)(F)C(F)(F)C(F)(F)C(F)(F)F)c1. The number of aliphatic hydroxyl groups is 1. The lowest BCUT2D eigenvalue weighted by Crippen LogP contribution is -2.70. The minimum absolute atomic E-state index is 0.123. The van der Waals surface area contributed by atoms with Gasteiger partial charge in [-0.05, 0) is 45.4 Å². The summed E-state index contributed by atoms with van der Waals surface area (Å²) < 4.78 is 178. The van der Waals surface area contributed by atoms with E-state index >= 15 is 0 Å². The van der Waals surface area contributed by atoms with Gasteiger partial charge in [0.15, 0.2) is 0 Å². The molecule has 0 bridgehead atoms. The average Bonchev–Trinajstić information content (AvgIpc) is 2.58. The van der Waals surface area contributed by atoms with E-state index in [0.717, 1.165) is 18.2 Å². The molecule has 15 heteroatoms. The lowest BCUT2D eigenvalue weighted by atomic mass is 9.84. The van der Waals surface area contributed by atoms with Crippen LogP contribution in [0.15, 0.2) is 24.3 Å².